The largest absolute Gasteiger partial charge is 0.369 e. The Morgan fingerprint density at radius 1 is 1.33 bits per heavy atom. The Kier molecular flexibility index (Phi) is 4.90. The molecule has 0 aromatic heterocycles. The lowest BCUT2D eigenvalue weighted by Crippen LogP contribution is -2.36. The smallest absolute Gasteiger partial charge is 0.248 e. The minimum Gasteiger partial charge on any atom is -0.369 e. The van der Waals surface area contributed by atoms with Crippen molar-refractivity contribution in [1.29, 1.82) is 0 Å². The molecule has 12 heavy (non-hydrogen) atoms. The molecule has 0 atom stereocenters. The van der Waals surface area contributed by atoms with E-state index in [2.05, 4.69) is 0 Å². The van der Waals surface area contributed by atoms with E-state index in [1.165, 1.54) is 0 Å². The summed E-state index contributed by atoms with van der Waals surface area (Å²) in [5.41, 5.74) is 0. The van der Waals surface area contributed by atoms with Gasteiger partial charge in [-0.3, -0.25) is 4.79 Å². The summed E-state index contributed by atoms with van der Waals surface area (Å²) in [5, 5.41) is 0. The van der Waals surface area contributed by atoms with Gasteiger partial charge in [0.2, 0.25) is 5.91 Å². The molecule has 0 spiro atoms. The van der Waals surface area contributed by atoms with E-state index in [9.17, 15) is 4.79 Å². The zero-order valence-corrected chi connectivity index (χ0v) is 8.63. The molecule has 0 aliphatic rings. The molecule has 3 nitrogen and oxygen atoms in total. The van der Waals surface area contributed by atoms with Crippen LogP contribution >= 0.6 is 0 Å². The van der Waals surface area contributed by atoms with Crippen LogP contribution in [0.2, 0.25) is 0 Å². The Morgan fingerprint density at radius 2 is 1.83 bits per heavy atom. The lowest BCUT2D eigenvalue weighted by molar-refractivity contribution is -0.137. The molecule has 1 amide bonds. The Balaban J connectivity index is 3.72. The van der Waals surface area contributed by atoms with Crippen molar-refractivity contribution in [3.05, 3.63) is 0 Å². The molecule has 0 saturated heterocycles. The number of carbonyl (C=O) groups is 1. The third-order valence-corrected chi connectivity index (χ3v) is 1.71. The minimum atomic E-state index is 0.0405. The second-order valence-corrected chi connectivity index (χ2v) is 3.46. The van der Waals surface area contributed by atoms with Gasteiger partial charge in [0.25, 0.3) is 0 Å². The first-order chi connectivity index (χ1) is 5.45. The second-order valence-electron chi connectivity index (χ2n) is 3.46. The van der Waals surface area contributed by atoms with Crippen LogP contribution in [0.25, 0.3) is 0 Å². The molecule has 0 fully saturated rings. The zero-order chi connectivity index (χ0) is 9.72. The van der Waals surface area contributed by atoms with Crippen LogP contribution in [0.4, 0.5) is 0 Å². The molecular weight excluding hydrogens is 154 g/mol. The second kappa shape index (κ2) is 5.14. The van der Waals surface area contributed by atoms with E-state index in [0.29, 0.717) is 0 Å². The number of ether oxygens (including phenoxy) is 1. The molecule has 0 aliphatic heterocycles. The third kappa shape index (κ3) is 4.34. The average Bonchev–Trinajstić information content (AvgIpc) is 1.98. The van der Waals surface area contributed by atoms with Crippen LogP contribution in [0.5, 0.6) is 0 Å². The predicted octanol–water partition coefficient (Wildman–Crippen LogP) is 1.28. The summed E-state index contributed by atoms with van der Waals surface area (Å²) >= 11 is 0. The zero-order valence-electron chi connectivity index (χ0n) is 8.63. The Labute approximate surface area is 74.7 Å². The first-order valence-electron chi connectivity index (χ1n) is 4.32. The van der Waals surface area contributed by atoms with Crippen LogP contribution in [0, 0.1) is 0 Å². The summed E-state index contributed by atoms with van der Waals surface area (Å²) in [6, 6.07) is 0.244. The van der Waals surface area contributed by atoms with E-state index in [1.54, 1.807) is 11.9 Å². The van der Waals surface area contributed by atoms with E-state index in [1.807, 2.05) is 27.7 Å². The van der Waals surface area contributed by atoms with Gasteiger partial charge in [0.1, 0.15) is 6.61 Å². The lowest BCUT2D eigenvalue weighted by Gasteiger charge is -2.21. The van der Waals surface area contributed by atoms with Gasteiger partial charge in [-0.2, -0.15) is 0 Å². The first-order valence-corrected chi connectivity index (χ1v) is 4.32. The molecular formula is C9H19NO2. The Bertz CT molecular complexity index is 143. The van der Waals surface area contributed by atoms with Gasteiger partial charge in [-0.05, 0) is 27.7 Å². The quantitative estimate of drug-likeness (QED) is 0.641. The number of carbonyl (C=O) groups excluding carboxylic acids is 1. The molecule has 0 radical (unpaired) electrons. The van der Waals surface area contributed by atoms with Gasteiger partial charge >= 0.3 is 0 Å². The molecule has 0 aromatic carbocycles. The van der Waals surface area contributed by atoms with E-state index in [-0.39, 0.29) is 24.7 Å². The number of rotatable bonds is 4. The van der Waals surface area contributed by atoms with Crippen LogP contribution in [0.1, 0.15) is 27.7 Å². The highest BCUT2D eigenvalue weighted by Crippen LogP contribution is 1.96. The number of likely N-dealkylation sites (N-methyl/N-ethyl adjacent to an activating group) is 1. The lowest BCUT2D eigenvalue weighted by atomic mass is 10.3. The maximum absolute atomic E-state index is 11.3. The summed E-state index contributed by atoms with van der Waals surface area (Å²) in [5.74, 6) is 0.0405. The summed E-state index contributed by atoms with van der Waals surface area (Å²) in [4.78, 5) is 13.0. The van der Waals surface area contributed by atoms with Gasteiger partial charge in [0.05, 0.1) is 6.10 Å². The fraction of sp³-hybridized carbons (Fsp3) is 0.889. The van der Waals surface area contributed by atoms with Crippen molar-refractivity contribution in [3.63, 3.8) is 0 Å². The highest BCUT2D eigenvalue weighted by Gasteiger charge is 2.11. The minimum absolute atomic E-state index is 0.0405. The monoisotopic (exact) mass is 173 g/mol. The molecule has 72 valence electrons. The van der Waals surface area contributed by atoms with Crippen molar-refractivity contribution < 1.29 is 9.53 Å². The van der Waals surface area contributed by atoms with Gasteiger partial charge in [-0.1, -0.05) is 0 Å². The molecule has 0 aliphatic carbocycles. The van der Waals surface area contributed by atoms with Crippen molar-refractivity contribution in [3.8, 4) is 0 Å². The average molecular weight is 173 g/mol. The highest BCUT2D eigenvalue weighted by molar-refractivity contribution is 5.77. The number of amides is 1. The maximum atomic E-state index is 11.3. The molecule has 0 N–H and O–H groups in total. The number of hydrogen-bond acceptors (Lipinski definition) is 2. The molecule has 0 bridgehead atoms. The molecule has 0 saturated carbocycles. The standard InChI is InChI=1S/C9H19NO2/c1-7(2)10(5)9(11)6-12-8(3)4/h7-8H,6H2,1-5H3. The molecule has 0 unspecified atom stereocenters. The van der Waals surface area contributed by atoms with E-state index in [0.717, 1.165) is 0 Å². The molecule has 3 heteroatoms. The van der Waals surface area contributed by atoms with E-state index in [4.69, 9.17) is 4.74 Å². The third-order valence-electron chi connectivity index (χ3n) is 1.71. The van der Waals surface area contributed by atoms with Crippen LogP contribution in [-0.4, -0.2) is 36.6 Å². The van der Waals surface area contributed by atoms with E-state index < -0.39 is 0 Å². The first kappa shape index (κ1) is 11.4. The fourth-order valence-corrected chi connectivity index (χ4v) is 0.628. The SMILES string of the molecule is CC(C)OCC(=O)N(C)C(C)C. The van der Waals surface area contributed by atoms with Gasteiger partial charge in [0, 0.05) is 13.1 Å². The van der Waals surface area contributed by atoms with Crippen molar-refractivity contribution >= 4 is 5.91 Å². The van der Waals surface area contributed by atoms with E-state index >= 15 is 0 Å². The number of nitrogens with zero attached hydrogens (tertiary/aromatic N) is 1. The fourth-order valence-electron chi connectivity index (χ4n) is 0.628. The summed E-state index contributed by atoms with van der Waals surface area (Å²) in [7, 11) is 1.79. The summed E-state index contributed by atoms with van der Waals surface area (Å²) < 4.78 is 5.18. The van der Waals surface area contributed by atoms with Crippen molar-refractivity contribution in [2.24, 2.45) is 0 Å². The Hall–Kier alpha value is -0.570. The van der Waals surface area contributed by atoms with Crippen LogP contribution < -0.4 is 0 Å². The van der Waals surface area contributed by atoms with Gasteiger partial charge in [-0.25, -0.2) is 0 Å². The van der Waals surface area contributed by atoms with Crippen LogP contribution in [-0.2, 0) is 9.53 Å². The van der Waals surface area contributed by atoms with Crippen molar-refractivity contribution in [2.75, 3.05) is 13.7 Å². The van der Waals surface area contributed by atoms with Crippen LogP contribution in [0.3, 0.4) is 0 Å². The maximum Gasteiger partial charge on any atom is 0.248 e. The topological polar surface area (TPSA) is 29.5 Å². The normalized spacial score (nSPS) is 10.9. The molecule has 0 heterocycles. The van der Waals surface area contributed by atoms with Gasteiger partial charge in [-0.15, -0.1) is 0 Å². The van der Waals surface area contributed by atoms with Crippen molar-refractivity contribution in [1.82, 2.24) is 4.90 Å². The van der Waals surface area contributed by atoms with Crippen LogP contribution in [0.15, 0.2) is 0 Å². The molecule has 0 rings (SSSR count). The Morgan fingerprint density at radius 3 is 2.17 bits per heavy atom. The highest BCUT2D eigenvalue weighted by atomic mass is 16.5. The number of hydrogen-bond donors (Lipinski definition) is 0. The van der Waals surface area contributed by atoms with Gasteiger partial charge < -0.3 is 9.64 Å². The van der Waals surface area contributed by atoms with Gasteiger partial charge in [0.15, 0.2) is 0 Å². The summed E-state index contributed by atoms with van der Waals surface area (Å²) in [6.07, 6.45) is 0.120. The van der Waals surface area contributed by atoms with Crippen molar-refractivity contribution in [2.45, 2.75) is 39.8 Å². The summed E-state index contributed by atoms with van der Waals surface area (Å²) in [6.45, 7) is 7.98. The predicted molar refractivity (Wildman–Crippen MR) is 49.0 cm³/mol. The molecule has 0 aromatic rings.